The van der Waals surface area contributed by atoms with E-state index in [9.17, 15) is 4.79 Å². The van der Waals surface area contributed by atoms with Gasteiger partial charge in [0.1, 0.15) is 5.75 Å². The number of piperidine rings is 1. The second kappa shape index (κ2) is 7.66. The van der Waals surface area contributed by atoms with E-state index in [0.717, 1.165) is 44.0 Å². The lowest BCUT2D eigenvalue weighted by atomic mass is 9.97. The van der Waals surface area contributed by atoms with E-state index in [1.807, 2.05) is 24.3 Å². The van der Waals surface area contributed by atoms with Crippen LogP contribution in [0.15, 0.2) is 24.3 Å². The number of ether oxygens (including phenoxy) is 1. The van der Waals surface area contributed by atoms with Gasteiger partial charge >= 0.3 is 0 Å². The molecule has 1 amide bonds. The van der Waals surface area contributed by atoms with Crippen molar-refractivity contribution in [3.05, 3.63) is 24.3 Å². The van der Waals surface area contributed by atoms with Gasteiger partial charge in [0, 0.05) is 5.92 Å². The Hall–Kier alpha value is -1.26. The molecule has 1 heterocycles. The second-order valence-electron chi connectivity index (χ2n) is 5.76. The van der Waals surface area contributed by atoms with Crippen LogP contribution in [-0.2, 0) is 4.79 Å². The Labute approximate surface area is 132 Å². The molecule has 1 saturated heterocycles. The highest BCUT2D eigenvalue weighted by Crippen LogP contribution is 2.32. The average Bonchev–Trinajstić information content (AvgIpc) is 3.31. The molecule has 4 nitrogen and oxygen atoms in total. The highest BCUT2D eigenvalue weighted by molar-refractivity contribution is 5.94. The van der Waals surface area contributed by atoms with Crippen molar-refractivity contribution in [1.82, 2.24) is 5.32 Å². The van der Waals surface area contributed by atoms with Crippen molar-refractivity contribution in [3.8, 4) is 5.75 Å². The minimum Gasteiger partial charge on any atom is -0.491 e. The SMILES string of the molecule is Cl.O=C(Nc1ccccc1OCC1CC1)C1CCNCC1. The second-order valence-corrected chi connectivity index (χ2v) is 5.76. The number of anilines is 1. The van der Waals surface area contributed by atoms with E-state index in [1.165, 1.54) is 12.8 Å². The van der Waals surface area contributed by atoms with Crippen molar-refractivity contribution in [3.63, 3.8) is 0 Å². The van der Waals surface area contributed by atoms with Gasteiger partial charge in [-0.2, -0.15) is 0 Å². The quantitative estimate of drug-likeness (QED) is 0.879. The number of amides is 1. The molecule has 3 rings (SSSR count). The van der Waals surface area contributed by atoms with Crippen molar-refractivity contribution in [1.29, 1.82) is 0 Å². The molecular formula is C16H23ClN2O2. The maximum absolute atomic E-state index is 12.3. The number of halogens is 1. The van der Waals surface area contributed by atoms with Crippen LogP contribution in [0.5, 0.6) is 5.75 Å². The predicted octanol–water partition coefficient (Wildman–Crippen LogP) is 2.84. The fraction of sp³-hybridized carbons (Fsp3) is 0.562. The molecule has 1 aliphatic heterocycles. The summed E-state index contributed by atoms with van der Waals surface area (Å²) >= 11 is 0. The number of nitrogens with one attached hydrogen (secondary N) is 2. The van der Waals surface area contributed by atoms with Crippen LogP contribution >= 0.6 is 12.4 Å². The van der Waals surface area contributed by atoms with E-state index in [2.05, 4.69) is 10.6 Å². The van der Waals surface area contributed by atoms with E-state index in [4.69, 9.17) is 4.74 Å². The Morgan fingerprint density at radius 3 is 2.62 bits per heavy atom. The topological polar surface area (TPSA) is 50.4 Å². The standard InChI is InChI=1S/C16H22N2O2.ClH/c19-16(13-7-9-17-10-8-13)18-14-3-1-2-4-15(14)20-11-12-5-6-12;/h1-4,12-13,17H,5-11H2,(H,18,19);1H. The molecule has 2 fully saturated rings. The van der Waals surface area contributed by atoms with Crippen molar-refractivity contribution in [2.24, 2.45) is 11.8 Å². The summed E-state index contributed by atoms with van der Waals surface area (Å²) in [6.45, 7) is 2.62. The number of benzene rings is 1. The normalized spacial score (nSPS) is 18.7. The van der Waals surface area contributed by atoms with Gasteiger partial charge in [0.15, 0.2) is 0 Å². The molecular weight excluding hydrogens is 288 g/mol. The molecule has 1 aromatic rings. The van der Waals surface area contributed by atoms with E-state index in [1.54, 1.807) is 0 Å². The Bertz CT molecular complexity index is 471. The first-order valence-corrected chi connectivity index (χ1v) is 7.56. The minimum absolute atomic E-state index is 0. The van der Waals surface area contributed by atoms with Gasteiger partial charge < -0.3 is 15.4 Å². The van der Waals surface area contributed by atoms with Gasteiger partial charge in [-0.3, -0.25) is 4.79 Å². The van der Waals surface area contributed by atoms with Crippen molar-refractivity contribution < 1.29 is 9.53 Å². The summed E-state index contributed by atoms with van der Waals surface area (Å²) in [7, 11) is 0. The molecule has 21 heavy (non-hydrogen) atoms. The zero-order chi connectivity index (χ0) is 13.8. The van der Waals surface area contributed by atoms with Gasteiger partial charge in [-0.25, -0.2) is 0 Å². The summed E-state index contributed by atoms with van der Waals surface area (Å²) in [5.41, 5.74) is 0.802. The van der Waals surface area contributed by atoms with Gasteiger partial charge in [0.05, 0.1) is 12.3 Å². The highest BCUT2D eigenvalue weighted by Gasteiger charge is 2.24. The van der Waals surface area contributed by atoms with Crippen molar-refractivity contribution in [2.45, 2.75) is 25.7 Å². The first kappa shape index (κ1) is 16.1. The molecule has 1 saturated carbocycles. The fourth-order valence-electron chi connectivity index (χ4n) is 2.51. The van der Waals surface area contributed by atoms with Gasteiger partial charge in [0.2, 0.25) is 5.91 Å². The molecule has 116 valence electrons. The summed E-state index contributed by atoms with van der Waals surface area (Å²) < 4.78 is 5.82. The number of carbonyl (C=O) groups is 1. The molecule has 0 atom stereocenters. The molecule has 0 bridgehead atoms. The van der Waals surface area contributed by atoms with Crippen LogP contribution < -0.4 is 15.4 Å². The minimum atomic E-state index is 0. The zero-order valence-corrected chi connectivity index (χ0v) is 13.0. The van der Waals surface area contributed by atoms with Gasteiger partial charge in [-0.15, -0.1) is 12.4 Å². The van der Waals surface area contributed by atoms with Crippen LogP contribution in [-0.4, -0.2) is 25.6 Å². The Morgan fingerprint density at radius 2 is 1.90 bits per heavy atom. The molecule has 2 N–H and O–H groups in total. The van der Waals surface area contributed by atoms with Gasteiger partial charge in [-0.1, -0.05) is 12.1 Å². The number of rotatable bonds is 5. The van der Waals surface area contributed by atoms with Gasteiger partial charge in [0.25, 0.3) is 0 Å². The highest BCUT2D eigenvalue weighted by atomic mass is 35.5. The molecule has 0 aromatic heterocycles. The first-order chi connectivity index (χ1) is 9.83. The van der Waals surface area contributed by atoms with Crippen LogP contribution in [0.1, 0.15) is 25.7 Å². The summed E-state index contributed by atoms with van der Waals surface area (Å²) in [4.78, 5) is 12.3. The van der Waals surface area contributed by atoms with E-state index >= 15 is 0 Å². The lowest BCUT2D eigenvalue weighted by molar-refractivity contribution is -0.120. The molecule has 5 heteroatoms. The Balaban J connectivity index is 0.00000161. The van der Waals surface area contributed by atoms with Crippen molar-refractivity contribution in [2.75, 3.05) is 25.0 Å². The van der Waals surface area contributed by atoms with Gasteiger partial charge in [-0.05, 0) is 56.8 Å². The largest absolute Gasteiger partial charge is 0.491 e. The lowest BCUT2D eigenvalue weighted by Crippen LogP contribution is -2.34. The average molecular weight is 311 g/mol. The van der Waals surface area contributed by atoms with Crippen molar-refractivity contribution >= 4 is 24.0 Å². The third-order valence-corrected chi connectivity index (χ3v) is 4.03. The van der Waals surface area contributed by atoms with Crippen LogP contribution in [0.25, 0.3) is 0 Å². The molecule has 0 radical (unpaired) electrons. The zero-order valence-electron chi connectivity index (χ0n) is 12.1. The summed E-state index contributed by atoms with van der Waals surface area (Å²) in [6.07, 6.45) is 4.36. The summed E-state index contributed by atoms with van der Waals surface area (Å²) in [6, 6.07) is 7.73. The Morgan fingerprint density at radius 1 is 1.19 bits per heavy atom. The number of para-hydroxylation sites is 2. The van der Waals surface area contributed by atoms with E-state index in [-0.39, 0.29) is 24.2 Å². The van der Waals surface area contributed by atoms with E-state index in [0.29, 0.717) is 5.92 Å². The van der Waals surface area contributed by atoms with Crippen LogP contribution in [0.3, 0.4) is 0 Å². The van der Waals surface area contributed by atoms with Crippen LogP contribution in [0.2, 0.25) is 0 Å². The Kier molecular flexibility index (Phi) is 5.88. The summed E-state index contributed by atoms with van der Waals surface area (Å²) in [5.74, 6) is 1.74. The molecule has 0 unspecified atom stereocenters. The van der Waals surface area contributed by atoms with E-state index < -0.39 is 0 Å². The summed E-state index contributed by atoms with van der Waals surface area (Å²) in [5, 5.41) is 6.31. The first-order valence-electron chi connectivity index (χ1n) is 7.56. The molecule has 2 aliphatic rings. The molecule has 1 aliphatic carbocycles. The molecule has 0 spiro atoms. The smallest absolute Gasteiger partial charge is 0.227 e. The maximum Gasteiger partial charge on any atom is 0.227 e. The van der Waals surface area contributed by atoms with Crippen LogP contribution in [0.4, 0.5) is 5.69 Å². The number of carbonyl (C=O) groups excluding carboxylic acids is 1. The molecule has 1 aromatic carbocycles. The predicted molar refractivity (Wildman–Crippen MR) is 86.1 cm³/mol. The third-order valence-electron chi connectivity index (χ3n) is 4.03. The monoisotopic (exact) mass is 310 g/mol. The van der Waals surface area contributed by atoms with Crippen LogP contribution in [0, 0.1) is 11.8 Å². The maximum atomic E-state index is 12.3. The lowest BCUT2D eigenvalue weighted by Gasteiger charge is -2.22. The number of hydrogen-bond acceptors (Lipinski definition) is 3. The number of hydrogen-bond donors (Lipinski definition) is 2. The third kappa shape index (κ3) is 4.61. The fourth-order valence-corrected chi connectivity index (χ4v) is 2.51.